The molecule has 0 unspecified atom stereocenters. The van der Waals surface area contributed by atoms with Crippen LogP contribution in [-0.2, 0) is 12.8 Å². The Morgan fingerprint density at radius 2 is 0.750 bits per heavy atom. The highest BCUT2D eigenvalue weighted by molar-refractivity contribution is 5.53. The Labute approximate surface area is 166 Å². The van der Waals surface area contributed by atoms with Crippen LogP contribution in [0.2, 0.25) is 0 Å². The van der Waals surface area contributed by atoms with E-state index < -0.39 is 0 Å². The maximum Gasteiger partial charge on any atom is 0.122 e. The zero-order valence-electron chi connectivity index (χ0n) is 17.2. The van der Waals surface area contributed by atoms with Gasteiger partial charge in [0.1, 0.15) is 17.2 Å². The maximum atomic E-state index is 10.9. The second-order valence-corrected chi connectivity index (χ2v) is 7.96. The third-order valence-electron chi connectivity index (χ3n) is 5.22. The zero-order valence-corrected chi connectivity index (χ0v) is 17.2. The molecule has 0 spiro atoms. The van der Waals surface area contributed by atoms with E-state index >= 15 is 0 Å². The summed E-state index contributed by atoms with van der Waals surface area (Å²) in [5.74, 6) is 0.780. The van der Waals surface area contributed by atoms with Crippen molar-refractivity contribution in [2.24, 2.45) is 0 Å². The number of aromatic hydroxyl groups is 3. The molecule has 0 amide bonds. The summed E-state index contributed by atoms with van der Waals surface area (Å²) in [5.41, 5.74) is 8.03. The van der Waals surface area contributed by atoms with E-state index in [-0.39, 0.29) is 17.2 Å². The van der Waals surface area contributed by atoms with Crippen LogP contribution in [-0.4, -0.2) is 15.3 Å². The van der Waals surface area contributed by atoms with Gasteiger partial charge in [0.05, 0.1) is 0 Å². The van der Waals surface area contributed by atoms with Crippen molar-refractivity contribution in [2.45, 2.75) is 47.5 Å². The van der Waals surface area contributed by atoms with Crippen molar-refractivity contribution in [1.82, 2.24) is 0 Å². The van der Waals surface area contributed by atoms with Gasteiger partial charge in [-0.1, -0.05) is 53.1 Å². The molecule has 3 heteroatoms. The molecule has 0 aromatic heterocycles. The van der Waals surface area contributed by atoms with Crippen molar-refractivity contribution in [3.63, 3.8) is 0 Å². The minimum atomic E-state index is 0.225. The summed E-state index contributed by atoms with van der Waals surface area (Å²) in [6, 6.07) is 11.7. The minimum absolute atomic E-state index is 0.225. The van der Waals surface area contributed by atoms with Crippen molar-refractivity contribution in [3.8, 4) is 17.2 Å². The van der Waals surface area contributed by atoms with Crippen LogP contribution in [0.3, 0.4) is 0 Å². The first kappa shape index (κ1) is 19.8. The normalized spacial score (nSPS) is 11.0. The van der Waals surface area contributed by atoms with Crippen LogP contribution in [0.1, 0.15) is 50.1 Å². The number of benzene rings is 3. The van der Waals surface area contributed by atoms with Gasteiger partial charge >= 0.3 is 0 Å². The summed E-state index contributed by atoms with van der Waals surface area (Å²) in [6.45, 7) is 9.77. The second kappa shape index (κ2) is 7.59. The standard InChI is InChI=1S/C25H28O3/c1-14-6-17(4)23(26)19(8-14)12-21-10-16(3)11-22(25(21)28)13-20-9-15(2)7-18(5)24(20)27/h6-11,26-28H,12-13H2,1-5H3. The van der Waals surface area contributed by atoms with Gasteiger partial charge < -0.3 is 15.3 Å². The molecule has 0 saturated carbocycles. The van der Waals surface area contributed by atoms with Crippen molar-refractivity contribution in [3.05, 3.63) is 86.5 Å². The highest BCUT2D eigenvalue weighted by Crippen LogP contribution is 2.34. The smallest absolute Gasteiger partial charge is 0.122 e. The number of phenolic OH excluding ortho intramolecular Hbond substituents is 3. The summed E-state index contributed by atoms with van der Waals surface area (Å²) in [7, 11) is 0. The molecule has 0 aliphatic carbocycles. The number of phenols is 3. The van der Waals surface area contributed by atoms with Gasteiger partial charge in [0.25, 0.3) is 0 Å². The Balaban J connectivity index is 2.02. The van der Waals surface area contributed by atoms with Gasteiger partial charge in [-0.25, -0.2) is 0 Å². The summed E-state index contributed by atoms with van der Waals surface area (Å²) in [6.07, 6.45) is 0.904. The van der Waals surface area contributed by atoms with Gasteiger partial charge in [-0.2, -0.15) is 0 Å². The SMILES string of the molecule is Cc1cc(C)c(O)c(Cc2cc(C)cc(Cc3cc(C)cc(C)c3O)c2O)c1. The Hall–Kier alpha value is -2.94. The molecular weight excluding hydrogens is 348 g/mol. The van der Waals surface area contributed by atoms with Crippen LogP contribution in [0.4, 0.5) is 0 Å². The monoisotopic (exact) mass is 376 g/mol. The highest BCUT2D eigenvalue weighted by Gasteiger charge is 2.15. The van der Waals surface area contributed by atoms with E-state index in [2.05, 4.69) is 0 Å². The highest BCUT2D eigenvalue weighted by atomic mass is 16.3. The molecule has 28 heavy (non-hydrogen) atoms. The molecule has 0 radical (unpaired) electrons. The van der Waals surface area contributed by atoms with E-state index in [0.717, 1.165) is 50.1 Å². The molecule has 3 N–H and O–H groups in total. The molecule has 0 aliphatic rings. The number of aryl methyl sites for hydroxylation is 5. The number of hydrogen-bond acceptors (Lipinski definition) is 3. The average Bonchev–Trinajstić information content (AvgIpc) is 2.60. The first-order valence-corrected chi connectivity index (χ1v) is 9.55. The molecule has 0 fully saturated rings. The molecule has 3 aromatic rings. The van der Waals surface area contributed by atoms with Crippen LogP contribution in [0.5, 0.6) is 17.2 Å². The zero-order chi connectivity index (χ0) is 20.6. The van der Waals surface area contributed by atoms with Crippen molar-refractivity contribution in [1.29, 1.82) is 0 Å². The third kappa shape index (κ3) is 3.99. The fourth-order valence-corrected chi connectivity index (χ4v) is 3.98. The topological polar surface area (TPSA) is 60.7 Å². The van der Waals surface area contributed by atoms with Gasteiger partial charge in [-0.05, 0) is 68.0 Å². The maximum absolute atomic E-state index is 10.9. The van der Waals surface area contributed by atoms with Crippen LogP contribution in [0.25, 0.3) is 0 Å². The van der Waals surface area contributed by atoms with Gasteiger partial charge in [-0.3, -0.25) is 0 Å². The second-order valence-electron chi connectivity index (χ2n) is 7.96. The molecule has 0 saturated heterocycles. The lowest BCUT2D eigenvalue weighted by molar-refractivity contribution is 0.455. The molecule has 0 atom stereocenters. The van der Waals surface area contributed by atoms with E-state index in [1.807, 2.05) is 71.0 Å². The van der Waals surface area contributed by atoms with E-state index in [0.29, 0.717) is 12.8 Å². The Morgan fingerprint density at radius 3 is 1.11 bits per heavy atom. The van der Waals surface area contributed by atoms with Crippen molar-refractivity contribution < 1.29 is 15.3 Å². The lowest BCUT2D eigenvalue weighted by Gasteiger charge is -2.15. The Bertz CT molecular complexity index is 968. The van der Waals surface area contributed by atoms with Crippen LogP contribution in [0, 0.1) is 34.6 Å². The first-order valence-electron chi connectivity index (χ1n) is 9.55. The fourth-order valence-electron chi connectivity index (χ4n) is 3.98. The Morgan fingerprint density at radius 1 is 0.464 bits per heavy atom. The molecule has 0 bridgehead atoms. The number of hydrogen-bond donors (Lipinski definition) is 3. The van der Waals surface area contributed by atoms with E-state index in [4.69, 9.17) is 0 Å². The molecule has 3 aromatic carbocycles. The molecule has 0 aliphatic heterocycles. The molecule has 0 heterocycles. The Kier molecular flexibility index (Phi) is 5.37. The van der Waals surface area contributed by atoms with Crippen LogP contribution < -0.4 is 0 Å². The molecule has 3 nitrogen and oxygen atoms in total. The summed E-state index contributed by atoms with van der Waals surface area (Å²) < 4.78 is 0. The number of rotatable bonds is 4. The molecule has 3 rings (SSSR count). The lowest BCUT2D eigenvalue weighted by Crippen LogP contribution is -1.98. The van der Waals surface area contributed by atoms with Gasteiger partial charge in [-0.15, -0.1) is 0 Å². The third-order valence-corrected chi connectivity index (χ3v) is 5.22. The van der Waals surface area contributed by atoms with E-state index in [1.54, 1.807) is 0 Å². The van der Waals surface area contributed by atoms with Gasteiger partial charge in [0.15, 0.2) is 0 Å². The van der Waals surface area contributed by atoms with Crippen LogP contribution in [0.15, 0.2) is 36.4 Å². The summed E-state index contributed by atoms with van der Waals surface area (Å²) in [4.78, 5) is 0. The fraction of sp³-hybridized carbons (Fsp3) is 0.280. The minimum Gasteiger partial charge on any atom is -0.507 e. The van der Waals surface area contributed by atoms with Gasteiger partial charge in [0.2, 0.25) is 0 Å². The first-order chi connectivity index (χ1) is 13.2. The van der Waals surface area contributed by atoms with E-state index in [9.17, 15) is 15.3 Å². The summed E-state index contributed by atoms with van der Waals surface area (Å²) >= 11 is 0. The largest absolute Gasteiger partial charge is 0.507 e. The van der Waals surface area contributed by atoms with Crippen LogP contribution >= 0.6 is 0 Å². The molecular formula is C25H28O3. The lowest BCUT2D eigenvalue weighted by atomic mass is 9.92. The predicted octanol–water partition coefficient (Wildman–Crippen LogP) is 5.53. The average molecular weight is 376 g/mol. The quantitative estimate of drug-likeness (QED) is 0.561. The van der Waals surface area contributed by atoms with Crippen molar-refractivity contribution in [2.75, 3.05) is 0 Å². The predicted molar refractivity (Wildman–Crippen MR) is 114 cm³/mol. The van der Waals surface area contributed by atoms with Crippen molar-refractivity contribution >= 4 is 0 Å². The molecule has 146 valence electrons. The van der Waals surface area contributed by atoms with Gasteiger partial charge in [0, 0.05) is 12.8 Å². The summed E-state index contributed by atoms with van der Waals surface area (Å²) in [5, 5.41) is 31.8. The van der Waals surface area contributed by atoms with E-state index in [1.165, 1.54) is 0 Å².